The molecular weight excluding hydrogens is 350 g/mol. The molecule has 0 radical (unpaired) electrons. The molecule has 1 atom stereocenters. The highest BCUT2D eigenvalue weighted by Crippen LogP contribution is 2.31. The van der Waals surface area contributed by atoms with Crippen molar-refractivity contribution in [2.45, 2.75) is 6.17 Å². The van der Waals surface area contributed by atoms with Crippen LogP contribution in [0.4, 0.5) is 10.5 Å². The Balaban J connectivity index is 1.84. The van der Waals surface area contributed by atoms with Gasteiger partial charge in [-0.05, 0) is 17.7 Å². The van der Waals surface area contributed by atoms with Crippen LogP contribution in [0.15, 0.2) is 60.7 Å². The molecule has 1 saturated heterocycles. The van der Waals surface area contributed by atoms with Gasteiger partial charge in [0.15, 0.2) is 12.8 Å². The van der Waals surface area contributed by atoms with Crippen LogP contribution in [0.25, 0.3) is 0 Å². The molecule has 140 valence electrons. The molecule has 8 nitrogen and oxygen atoms in total. The summed E-state index contributed by atoms with van der Waals surface area (Å²) in [5.41, 5.74) is 1.28. The van der Waals surface area contributed by atoms with E-state index in [9.17, 15) is 14.4 Å². The number of urea groups is 1. The van der Waals surface area contributed by atoms with Crippen molar-refractivity contribution in [2.24, 2.45) is 0 Å². The van der Waals surface area contributed by atoms with Crippen LogP contribution >= 0.6 is 0 Å². The molecule has 1 aliphatic rings. The summed E-state index contributed by atoms with van der Waals surface area (Å²) in [6.45, 7) is -0.612. The average Bonchev–Trinajstić information content (AvgIpc) is 3.04. The number of rotatable bonds is 5. The molecule has 2 aromatic carbocycles. The number of benzene rings is 2. The molecule has 8 heteroatoms. The van der Waals surface area contributed by atoms with E-state index in [4.69, 9.17) is 4.84 Å². The van der Waals surface area contributed by atoms with Gasteiger partial charge in [-0.15, -0.1) is 0 Å². The molecule has 0 unspecified atom stereocenters. The van der Waals surface area contributed by atoms with Crippen molar-refractivity contribution >= 4 is 23.6 Å². The normalized spacial score (nSPS) is 16.3. The maximum Gasteiger partial charge on any atom is 0.334 e. The standard InChI is InChI=1S/C19H19N3O5/c1-26-17(24)13-27-22-16(23)12-21(18(22)14-8-4-2-5-9-14)19(25)20-15-10-6-3-7-11-15/h2-11,18H,12-13H2,1H3,(H,20,25)/t18-/m0/s1. The Morgan fingerprint density at radius 2 is 1.70 bits per heavy atom. The van der Waals surface area contributed by atoms with Crippen LogP contribution in [0.1, 0.15) is 11.7 Å². The van der Waals surface area contributed by atoms with Gasteiger partial charge in [0.05, 0.1) is 7.11 Å². The summed E-state index contributed by atoms with van der Waals surface area (Å²) in [7, 11) is 1.23. The van der Waals surface area contributed by atoms with E-state index in [1.807, 2.05) is 12.1 Å². The highest BCUT2D eigenvalue weighted by molar-refractivity contribution is 5.94. The van der Waals surface area contributed by atoms with Gasteiger partial charge in [-0.3, -0.25) is 14.5 Å². The van der Waals surface area contributed by atoms with Crippen LogP contribution < -0.4 is 5.32 Å². The summed E-state index contributed by atoms with van der Waals surface area (Å²) in [6, 6.07) is 17.5. The molecule has 0 saturated carbocycles. The predicted molar refractivity (Wildman–Crippen MR) is 96.2 cm³/mol. The molecule has 0 aliphatic carbocycles. The lowest BCUT2D eigenvalue weighted by molar-refractivity contribution is -0.202. The van der Waals surface area contributed by atoms with Crippen LogP contribution in [0.2, 0.25) is 0 Å². The summed E-state index contributed by atoms with van der Waals surface area (Å²) < 4.78 is 4.54. The Bertz CT molecular complexity index is 813. The van der Waals surface area contributed by atoms with Crippen LogP contribution in [-0.4, -0.2) is 48.1 Å². The maximum atomic E-state index is 12.8. The Morgan fingerprint density at radius 1 is 1.07 bits per heavy atom. The molecule has 1 N–H and O–H groups in total. The van der Waals surface area contributed by atoms with Crippen molar-refractivity contribution < 1.29 is 24.0 Å². The average molecular weight is 369 g/mol. The van der Waals surface area contributed by atoms with E-state index < -0.39 is 30.7 Å². The minimum atomic E-state index is -0.799. The third-order valence-corrected chi connectivity index (χ3v) is 4.00. The number of nitrogens with zero attached hydrogens (tertiary/aromatic N) is 2. The van der Waals surface area contributed by atoms with Gasteiger partial charge in [-0.2, -0.15) is 5.06 Å². The first kappa shape index (κ1) is 18.4. The minimum absolute atomic E-state index is 0.181. The van der Waals surface area contributed by atoms with Crippen molar-refractivity contribution in [2.75, 3.05) is 25.6 Å². The lowest BCUT2D eigenvalue weighted by Gasteiger charge is -2.29. The van der Waals surface area contributed by atoms with Crippen molar-refractivity contribution in [3.05, 3.63) is 66.2 Å². The fourth-order valence-corrected chi connectivity index (χ4v) is 2.73. The SMILES string of the molecule is COC(=O)CON1C(=O)CN(C(=O)Nc2ccccc2)[C@@H]1c1ccccc1. The van der Waals surface area contributed by atoms with Crippen LogP contribution in [0.5, 0.6) is 0 Å². The number of hydroxylamine groups is 2. The molecule has 0 spiro atoms. The molecule has 1 aliphatic heterocycles. The molecule has 3 rings (SSSR count). The molecule has 1 fully saturated rings. The number of nitrogens with one attached hydrogen (secondary N) is 1. The number of anilines is 1. The zero-order valence-corrected chi connectivity index (χ0v) is 14.7. The lowest BCUT2D eigenvalue weighted by Crippen LogP contribution is -2.38. The quantitative estimate of drug-likeness (QED) is 0.816. The first-order valence-electron chi connectivity index (χ1n) is 8.29. The van der Waals surface area contributed by atoms with Gasteiger partial charge in [0.25, 0.3) is 5.91 Å². The number of carbonyl (C=O) groups excluding carboxylic acids is 3. The largest absolute Gasteiger partial charge is 0.467 e. The summed E-state index contributed by atoms with van der Waals surface area (Å²) in [5.74, 6) is -1.06. The van der Waals surface area contributed by atoms with Crippen molar-refractivity contribution in [1.82, 2.24) is 9.96 Å². The molecule has 0 bridgehead atoms. The third-order valence-electron chi connectivity index (χ3n) is 4.00. The van der Waals surface area contributed by atoms with Gasteiger partial charge in [-0.1, -0.05) is 48.5 Å². The molecule has 1 heterocycles. The number of carbonyl (C=O) groups is 3. The zero-order chi connectivity index (χ0) is 19.2. The molecule has 0 aromatic heterocycles. The van der Waals surface area contributed by atoms with Crippen LogP contribution in [0, 0.1) is 0 Å². The predicted octanol–water partition coefficient (Wildman–Crippen LogP) is 2.17. The Hall–Kier alpha value is -3.39. The Morgan fingerprint density at radius 3 is 2.33 bits per heavy atom. The van der Waals surface area contributed by atoms with E-state index in [1.165, 1.54) is 12.0 Å². The second-order valence-electron chi connectivity index (χ2n) is 5.78. The smallest absolute Gasteiger partial charge is 0.334 e. The molecule has 3 amide bonds. The number of methoxy groups -OCH3 is 1. The second kappa shape index (κ2) is 8.33. The Labute approximate surface area is 156 Å². The van der Waals surface area contributed by atoms with E-state index in [0.717, 1.165) is 5.06 Å². The lowest BCUT2D eigenvalue weighted by atomic mass is 10.1. The van der Waals surface area contributed by atoms with Gasteiger partial charge in [-0.25, -0.2) is 9.59 Å². The number of hydrogen-bond acceptors (Lipinski definition) is 5. The van der Waals surface area contributed by atoms with Gasteiger partial charge < -0.3 is 10.1 Å². The van der Waals surface area contributed by atoms with Gasteiger partial charge >= 0.3 is 12.0 Å². The maximum absolute atomic E-state index is 12.8. The summed E-state index contributed by atoms with van der Waals surface area (Å²) >= 11 is 0. The van der Waals surface area contributed by atoms with Crippen molar-refractivity contribution in [1.29, 1.82) is 0 Å². The van der Waals surface area contributed by atoms with Gasteiger partial charge in [0.2, 0.25) is 0 Å². The number of ether oxygens (including phenoxy) is 1. The van der Waals surface area contributed by atoms with E-state index in [2.05, 4.69) is 10.1 Å². The fourth-order valence-electron chi connectivity index (χ4n) is 2.73. The topological polar surface area (TPSA) is 88.2 Å². The highest BCUT2D eigenvalue weighted by Gasteiger charge is 2.43. The number of esters is 1. The first-order valence-corrected chi connectivity index (χ1v) is 8.29. The minimum Gasteiger partial charge on any atom is -0.467 e. The fraction of sp³-hybridized carbons (Fsp3) is 0.211. The van der Waals surface area contributed by atoms with E-state index in [0.29, 0.717) is 11.3 Å². The Kier molecular flexibility index (Phi) is 5.68. The number of para-hydroxylation sites is 1. The second-order valence-corrected chi connectivity index (χ2v) is 5.78. The summed E-state index contributed by atoms with van der Waals surface area (Å²) in [4.78, 5) is 43.3. The molecule has 2 aromatic rings. The van der Waals surface area contributed by atoms with E-state index in [-0.39, 0.29) is 6.54 Å². The third kappa shape index (κ3) is 4.24. The highest BCUT2D eigenvalue weighted by atomic mass is 16.7. The monoisotopic (exact) mass is 369 g/mol. The molecule has 27 heavy (non-hydrogen) atoms. The van der Waals surface area contributed by atoms with E-state index >= 15 is 0 Å². The zero-order valence-electron chi connectivity index (χ0n) is 14.7. The van der Waals surface area contributed by atoms with Crippen LogP contribution in [-0.2, 0) is 19.2 Å². The summed E-state index contributed by atoms with van der Waals surface area (Å²) in [6.07, 6.45) is -0.799. The summed E-state index contributed by atoms with van der Waals surface area (Å²) in [5, 5.41) is 3.80. The van der Waals surface area contributed by atoms with Gasteiger partial charge in [0.1, 0.15) is 6.54 Å². The first-order chi connectivity index (χ1) is 13.1. The number of hydrogen-bond donors (Lipinski definition) is 1. The van der Waals surface area contributed by atoms with Crippen molar-refractivity contribution in [3.8, 4) is 0 Å². The van der Waals surface area contributed by atoms with E-state index in [1.54, 1.807) is 48.5 Å². The van der Waals surface area contributed by atoms with Crippen LogP contribution in [0.3, 0.4) is 0 Å². The van der Waals surface area contributed by atoms with Crippen molar-refractivity contribution in [3.63, 3.8) is 0 Å². The molecular formula is C19H19N3O5. The number of amides is 3. The van der Waals surface area contributed by atoms with Gasteiger partial charge in [0, 0.05) is 5.69 Å².